The minimum atomic E-state index is -0.339. The Bertz CT molecular complexity index is 552. The number of methoxy groups -OCH3 is 1. The molecule has 2 aromatic carbocycles. The number of amides is 1. The molecule has 0 aliphatic rings. The van der Waals surface area contributed by atoms with E-state index >= 15 is 0 Å². The van der Waals surface area contributed by atoms with Crippen LogP contribution >= 0.6 is 0 Å². The van der Waals surface area contributed by atoms with Gasteiger partial charge in [-0.1, -0.05) is 6.07 Å². The summed E-state index contributed by atoms with van der Waals surface area (Å²) < 4.78 is 17.8. The van der Waals surface area contributed by atoms with Gasteiger partial charge in [-0.3, -0.25) is 4.79 Å². The summed E-state index contributed by atoms with van der Waals surface area (Å²) in [4.78, 5) is 11.9. The molecule has 0 saturated carbocycles. The molecule has 0 aliphatic carbocycles. The minimum Gasteiger partial charge on any atom is -0.497 e. The highest BCUT2D eigenvalue weighted by atomic mass is 19.1. The molecule has 0 atom stereocenters. The molecule has 0 aliphatic heterocycles. The van der Waals surface area contributed by atoms with Crippen molar-refractivity contribution < 1.29 is 13.9 Å². The zero-order chi connectivity index (χ0) is 13.0. The first kappa shape index (κ1) is 12.1. The summed E-state index contributed by atoms with van der Waals surface area (Å²) in [6.07, 6.45) is 0. The van der Waals surface area contributed by atoms with Crippen LogP contribution in [0.2, 0.25) is 0 Å². The van der Waals surface area contributed by atoms with E-state index in [4.69, 9.17) is 4.74 Å². The topological polar surface area (TPSA) is 38.3 Å². The van der Waals surface area contributed by atoms with Crippen LogP contribution in [0.3, 0.4) is 0 Å². The van der Waals surface area contributed by atoms with Gasteiger partial charge in [-0.25, -0.2) is 4.39 Å². The second-order valence-electron chi connectivity index (χ2n) is 3.69. The number of nitrogens with one attached hydrogen (secondary N) is 1. The zero-order valence-electron chi connectivity index (χ0n) is 9.81. The number of hydrogen-bond donors (Lipinski definition) is 1. The van der Waals surface area contributed by atoms with Crippen molar-refractivity contribution in [3.8, 4) is 5.75 Å². The smallest absolute Gasteiger partial charge is 0.255 e. The third-order valence-electron chi connectivity index (χ3n) is 2.43. The molecule has 0 heterocycles. The van der Waals surface area contributed by atoms with Gasteiger partial charge in [0.15, 0.2) is 0 Å². The van der Waals surface area contributed by atoms with Crippen LogP contribution in [-0.2, 0) is 0 Å². The third kappa shape index (κ3) is 2.85. The SMILES string of the molecule is COc1cccc(C(=O)Nc2ccc(F)cc2)c1. The molecule has 4 heteroatoms. The van der Waals surface area contributed by atoms with Crippen molar-refractivity contribution >= 4 is 11.6 Å². The zero-order valence-corrected chi connectivity index (χ0v) is 9.81. The second kappa shape index (κ2) is 5.31. The summed E-state index contributed by atoms with van der Waals surface area (Å²) >= 11 is 0. The lowest BCUT2D eigenvalue weighted by Crippen LogP contribution is -2.11. The monoisotopic (exact) mass is 245 g/mol. The fourth-order valence-electron chi connectivity index (χ4n) is 1.50. The standard InChI is InChI=1S/C14H12FNO2/c1-18-13-4-2-3-10(9-13)14(17)16-12-7-5-11(15)6-8-12/h2-9H,1H3,(H,16,17). The normalized spacial score (nSPS) is 9.89. The predicted molar refractivity (Wildman–Crippen MR) is 67.3 cm³/mol. The van der Waals surface area contributed by atoms with Crippen molar-refractivity contribution in [3.05, 3.63) is 59.9 Å². The Hall–Kier alpha value is -2.36. The van der Waals surface area contributed by atoms with Crippen LogP contribution < -0.4 is 10.1 Å². The Morgan fingerprint density at radius 1 is 1.17 bits per heavy atom. The third-order valence-corrected chi connectivity index (χ3v) is 2.43. The molecule has 0 fully saturated rings. The van der Waals surface area contributed by atoms with E-state index in [1.165, 1.54) is 31.4 Å². The molecule has 2 aromatic rings. The minimum absolute atomic E-state index is 0.263. The Labute approximate surface area is 104 Å². The van der Waals surface area contributed by atoms with Crippen molar-refractivity contribution in [3.63, 3.8) is 0 Å². The maximum atomic E-state index is 12.7. The van der Waals surface area contributed by atoms with Crippen molar-refractivity contribution in [1.82, 2.24) is 0 Å². The van der Waals surface area contributed by atoms with Crippen LogP contribution in [-0.4, -0.2) is 13.0 Å². The molecule has 0 bridgehead atoms. The lowest BCUT2D eigenvalue weighted by Gasteiger charge is -2.06. The summed E-state index contributed by atoms with van der Waals surface area (Å²) in [6, 6.07) is 12.4. The maximum Gasteiger partial charge on any atom is 0.255 e. The Balaban J connectivity index is 2.14. The van der Waals surface area contributed by atoms with Crippen molar-refractivity contribution in [1.29, 1.82) is 0 Å². The van der Waals surface area contributed by atoms with Gasteiger partial charge < -0.3 is 10.1 Å². The van der Waals surface area contributed by atoms with Crippen LogP contribution in [0.25, 0.3) is 0 Å². The number of halogens is 1. The van der Waals surface area contributed by atoms with E-state index in [0.29, 0.717) is 17.0 Å². The molecule has 0 radical (unpaired) electrons. The first-order valence-electron chi connectivity index (χ1n) is 5.40. The van der Waals surface area contributed by atoms with Crippen LogP contribution in [0.1, 0.15) is 10.4 Å². The summed E-state index contributed by atoms with van der Waals surface area (Å²) in [5.74, 6) is 0.0108. The van der Waals surface area contributed by atoms with E-state index in [1.54, 1.807) is 24.3 Å². The highest BCUT2D eigenvalue weighted by molar-refractivity contribution is 6.04. The van der Waals surface area contributed by atoms with E-state index < -0.39 is 0 Å². The molecule has 1 amide bonds. The van der Waals surface area contributed by atoms with E-state index in [2.05, 4.69) is 5.32 Å². The van der Waals surface area contributed by atoms with Gasteiger partial charge in [0.2, 0.25) is 0 Å². The van der Waals surface area contributed by atoms with Crippen LogP contribution in [0.5, 0.6) is 5.75 Å². The molecular formula is C14H12FNO2. The van der Waals surface area contributed by atoms with E-state index in [0.717, 1.165) is 0 Å². The molecule has 2 rings (SSSR count). The van der Waals surface area contributed by atoms with Crippen LogP contribution in [0.4, 0.5) is 10.1 Å². The number of ether oxygens (including phenoxy) is 1. The highest BCUT2D eigenvalue weighted by Crippen LogP contribution is 2.15. The lowest BCUT2D eigenvalue weighted by molar-refractivity contribution is 0.102. The lowest BCUT2D eigenvalue weighted by atomic mass is 10.2. The fraction of sp³-hybridized carbons (Fsp3) is 0.0714. The second-order valence-corrected chi connectivity index (χ2v) is 3.69. The highest BCUT2D eigenvalue weighted by Gasteiger charge is 2.06. The molecule has 0 spiro atoms. The number of anilines is 1. The molecule has 18 heavy (non-hydrogen) atoms. The molecule has 0 aromatic heterocycles. The predicted octanol–water partition coefficient (Wildman–Crippen LogP) is 3.09. The quantitative estimate of drug-likeness (QED) is 0.902. The number of benzene rings is 2. The fourth-order valence-corrected chi connectivity index (χ4v) is 1.50. The molecule has 92 valence electrons. The Morgan fingerprint density at radius 3 is 2.56 bits per heavy atom. The first-order chi connectivity index (χ1) is 8.69. The first-order valence-corrected chi connectivity index (χ1v) is 5.40. The van der Waals surface area contributed by atoms with Gasteiger partial charge in [0, 0.05) is 11.3 Å². The average molecular weight is 245 g/mol. The summed E-state index contributed by atoms with van der Waals surface area (Å²) in [5.41, 5.74) is 1.03. The molecule has 0 unspecified atom stereocenters. The van der Waals surface area contributed by atoms with Gasteiger partial charge in [0.25, 0.3) is 5.91 Å². The Kier molecular flexibility index (Phi) is 3.57. The van der Waals surface area contributed by atoms with Crippen LogP contribution in [0.15, 0.2) is 48.5 Å². The van der Waals surface area contributed by atoms with Gasteiger partial charge >= 0.3 is 0 Å². The molecule has 1 N–H and O–H groups in total. The van der Waals surface area contributed by atoms with Gasteiger partial charge in [0.05, 0.1) is 7.11 Å². The van der Waals surface area contributed by atoms with Gasteiger partial charge in [-0.15, -0.1) is 0 Å². The van der Waals surface area contributed by atoms with E-state index in [9.17, 15) is 9.18 Å². The number of rotatable bonds is 3. The van der Waals surface area contributed by atoms with Crippen molar-refractivity contribution in [2.24, 2.45) is 0 Å². The van der Waals surface area contributed by atoms with Crippen molar-refractivity contribution in [2.45, 2.75) is 0 Å². The van der Waals surface area contributed by atoms with E-state index in [-0.39, 0.29) is 11.7 Å². The summed E-state index contributed by atoms with van der Waals surface area (Å²) in [7, 11) is 1.54. The Morgan fingerprint density at radius 2 is 1.89 bits per heavy atom. The molecular weight excluding hydrogens is 233 g/mol. The largest absolute Gasteiger partial charge is 0.497 e. The van der Waals surface area contributed by atoms with E-state index in [1.807, 2.05) is 0 Å². The summed E-state index contributed by atoms with van der Waals surface area (Å²) in [5, 5.41) is 2.68. The van der Waals surface area contributed by atoms with Gasteiger partial charge in [-0.2, -0.15) is 0 Å². The maximum absolute atomic E-state index is 12.7. The number of hydrogen-bond acceptors (Lipinski definition) is 2. The molecule has 3 nitrogen and oxygen atoms in total. The molecule has 0 saturated heterocycles. The van der Waals surface area contributed by atoms with Crippen molar-refractivity contribution in [2.75, 3.05) is 12.4 Å². The van der Waals surface area contributed by atoms with Gasteiger partial charge in [0.1, 0.15) is 11.6 Å². The van der Waals surface area contributed by atoms with Gasteiger partial charge in [-0.05, 0) is 42.5 Å². The number of carbonyl (C=O) groups is 1. The average Bonchev–Trinajstić information content (AvgIpc) is 2.41. The summed E-state index contributed by atoms with van der Waals surface area (Å²) in [6.45, 7) is 0. The van der Waals surface area contributed by atoms with Crippen LogP contribution in [0, 0.1) is 5.82 Å². The number of carbonyl (C=O) groups excluding carboxylic acids is 1.